The topological polar surface area (TPSA) is 318 Å². The van der Waals surface area contributed by atoms with E-state index >= 15 is 0 Å². The number of alkyl carbamates (subject to hydrolysis) is 2. The number of ketones is 1. The first kappa shape index (κ1) is 71.4. The predicted octanol–water partition coefficient (Wildman–Crippen LogP) is -0.469. The molecule has 23 nitrogen and oxygen atoms in total. The van der Waals surface area contributed by atoms with Crippen molar-refractivity contribution >= 4 is 36.1 Å². The van der Waals surface area contributed by atoms with Crippen LogP contribution >= 0.6 is 0 Å². The van der Waals surface area contributed by atoms with Gasteiger partial charge in [-0.15, -0.1) is 0 Å². The van der Waals surface area contributed by atoms with E-state index in [9.17, 15) is 24.0 Å². The number of nitrogens with one attached hydrogen (secondary N) is 2. The number of ether oxygens (including phenoxy) is 11. The van der Waals surface area contributed by atoms with Gasteiger partial charge in [0.15, 0.2) is 5.78 Å². The summed E-state index contributed by atoms with van der Waals surface area (Å²) in [6.45, 7) is 23.2. The molecule has 370 valence electrons. The molecular formula is C39H79LiN4O19. The molecule has 5 N–H and O–H groups in total. The first-order chi connectivity index (χ1) is 29.3. The maximum absolute atomic E-state index is 11.3. The van der Waals surface area contributed by atoms with Gasteiger partial charge >= 0.3 is 49.2 Å². The molecule has 0 radical (unpaired) electrons. The van der Waals surface area contributed by atoms with Gasteiger partial charge in [-0.3, -0.25) is 4.79 Å². The molecule has 63 heavy (non-hydrogen) atoms. The van der Waals surface area contributed by atoms with Crippen molar-refractivity contribution in [1.29, 1.82) is 0 Å². The third-order valence-electron chi connectivity index (χ3n) is 5.25. The molecule has 0 aliphatic carbocycles. The number of hydrogen-bond acceptors (Lipinski definition) is 18. The molecule has 24 heteroatoms. The van der Waals surface area contributed by atoms with Crippen LogP contribution in [0.2, 0.25) is 0 Å². The smallest absolute Gasteiger partial charge is 0.870 e. The fraction of sp³-hybridized carbons (Fsp3) is 0.846. The molecule has 0 saturated carbocycles. The first-order valence-corrected chi connectivity index (χ1v) is 19.6. The van der Waals surface area contributed by atoms with Gasteiger partial charge in [0.2, 0.25) is 0 Å². The summed E-state index contributed by atoms with van der Waals surface area (Å²) in [6.07, 6.45) is 0.799. The van der Waals surface area contributed by atoms with Crippen molar-refractivity contribution in [3.63, 3.8) is 0 Å². The molecule has 2 amide bonds. The van der Waals surface area contributed by atoms with Crippen LogP contribution in [0.4, 0.5) is 9.59 Å². The van der Waals surface area contributed by atoms with Crippen molar-refractivity contribution in [2.45, 2.75) is 87.3 Å². The predicted molar refractivity (Wildman–Crippen MR) is 226 cm³/mol. The van der Waals surface area contributed by atoms with Crippen LogP contribution in [0.15, 0.2) is 0 Å². The first-order valence-electron chi connectivity index (χ1n) is 20.6. The summed E-state index contributed by atoms with van der Waals surface area (Å²) in [5, 5.41) is 21.8. The van der Waals surface area contributed by atoms with E-state index in [1.54, 1.807) is 27.7 Å². The Labute approximate surface area is 387 Å². The fourth-order valence-corrected chi connectivity index (χ4v) is 3.09. The van der Waals surface area contributed by atoms with Gasteiger partial charge in [-0.2, -0.15) is 4.79 Å². The van der Waals surface area contributed by atoms with Gasteiger partial charge in [-0.05, 0) is 61.8 Å². The van der Waals surface area contributed by atoms with Gasteiger partial charge in [0.25, 0.3) is 0 Å². The maximum atomic E-state index is 11.3. The molecule has 0 aliphatic rings. The van der Waals surface area contributed by atoms with E-state index in [-0.39, 0.29) is 49.9 Å². The summed E-state index contributed by atoms with van der Waals surface area (Å²) < 4.78 is 60.9. The molecule has 0 bridgehead atoms. The fourth-order valence-electron chi connectivity index (χ4n) is 3.09. The number of carbonyl (C=O) groups excluding carboxylic acids is 4. The monoisotopic (exact) mass is 916 g/mol. The average molecular weight is 916 g/mol. The van der Waals surface area contributed by atoms with Crippen molar-refractivity contribution < 1.29 is 117 Å². The molecule has 0 rings (SSSR count). The molecule has 0 atom stereocenters. The largest absolute Gasteiger partial charge is 1.00 e. The Kier molecular flexibility index (Phi) is 62.1. The quantitative estimate of drug-likeness (QED) is 0.0130. The van der Waals surface area contributed by atoms with Crippen LogP contribution in [0.1, 0.15) is 77.5 Å². The number of carboxylic acids is 1. The Hall–Kier alpha value is -3.27. The van der Waals surface area contributed by atoms with Crippen LogP contribution in [0.25, 0.3) is 5.53 Å². The third kappa shape index (κ3) is 83.0. The Morgan fingerprint density at radius 3 is 1.30 bits per heavy atom. The molecule has 0 aromatic carbocycles. The number of rotatable bonds is 31. The second-order valence-corrected chi connectivity index (χ2v) is 13.5. The molecule has 0 fully saturated rings. The Bertz CT molecular complexity index is 1110. The van der Waals surface area contributed by atoms with Gasteiger partial charge in [-0.25, -0.2) is 19.2 Å². The number of aliphatic hydroxyl groups excluding tert-OH is 1. The van der Waals surface area contributed by atoms with E-state index in [0.717, 1.165) is 13.0 Å². The maximum Gasteiger partial charge on any atom is 1.00 e. The molecule has 0 spiro atoms. The number of amides is 2. The standard InChI is InChI=1S/C14H27NO6.C11H23NO5.C9H18O5.C4H6N2O2.CH4.Li.H2O/c1-12(16)11-20-10-9-19-8-7-18-6-5-15-13(17)21-14(2,3)4;1-11(2,3)17-10(14)12-4-6-15-8-9-16-7-5-13;1-2-3-12-4-5-13-6-7-14-8-9(10)11;1-2-8-4(7)3-6-5;;;/h5-11H2,1-4H3,(H,15,17);13H,4-9H2,1-3H3,(H,12,14);2-8H2,1H3,(H,10,11);3H,2H2,1H3;1H4;;1H2/q;;;;;+1;/p-1/i;;;;1D;;. The second kappa shape index (κ2) is 54.9. The van der Waals surface area contributed by atoms with Gasteiger partial charge < -0.3 is 84.0 Å². The normalized spacial score (nSPS) is 10.1. The average Bonchev–Trinajstić information content (AvgIpc) is 3.17. The van der Waals surface area contributed by atoms with Crippen molar-refractivity contribution in [2.75, 3.05) is 132 Å². The van der Waals surface area contributed by atoms with Crippen molar-refractivity contribution in [3.05, 3.63) is 5.53 Å². The molecule has 0 aliphatic heterocycles. The second-order valence-electron chi connectivity index (χ2n) is 13.5. The molecule has 0 saturated heterocycles. The Morgan fingerprint density at radius 2 is 0.984 bits per heavy atom. The summed E-state index contributed by atoms with van der Waals surface area (Å²) in [5.74, 6) is -1.60. The van der Waals surface area contributed by atoms with Gasteiger partial charge in [0.05, 0.1) is 99.1 Å². The summed E-state index contributed by atoms with van der Waals surface area (Å²) >= 11 is 0. The summed E-state index contributed by atoms with van der Waals surface area (Å²) in [5.41, 5.74) is 6.75. The number of carbonyl (C=O) groups is 5. The zero-order valence-electron chi connectivity index (χ0n) is 40.7. The van der Waals surface area contributed by atoms with Crippen molar-refractivity contribution in [2.24, 2.45) is 0 Å². The summed E-state index contributed by atoms with van der Waals surface area (Å²) in [7, 11) is 1.25. The molecule has 0 aromatic rings. The third-order valence-corrected chi connectivity index (χ3v) is 5.25. The van der Waals surface area contributed by atoms with Crippen LogP contribution in [0, 0.1) is 0 Å². The molecular weight excluding hydrogens is 835 g/mol. The van der Waals surface area contributed by atoms with E-state index in [1.807, 2.05) is 27.7 Å². The molecule has 0 aromatic heterocycles. The Morgan fingerprint density at radius 1 is 0.635 bits per heavy atom. The number of Topliss-reactive ketones (excluding diaryl/α,β-unsaturated/α-hetero) is 1. The molecule has 0 heterocycles. The number of nitrogens with zero attached hydrogens (tertiary/aromatic N) is 2. The van der Waals surface area contributed by atoms with Crippen LogP contribution in [-0.4, -0.2) is 200 Å². The van der Waals surface area contributed by atoms with Crippen molar-refractivity contribution in [1.82, 2.24) is 10.6 Å². The van der Waals surface area contributed by atoms with E-state index < -0.39 is 35.3 Å². The Balaban J connectivity index is -0.000000138. The number of esters is 1. The minimum atomic E-state index is -0.962. The van der Waals surface area contributed by atoms with E-state index in [1.165, 1.54) is 14.3 Å². The SMILES string of the molecule is CC(=O)COCCOCCOCCNC(=O)OC(C)(C)C.CC(C)(C)OC(=O)NCCOCCOCCO.CCCOCCOCCOCC(=O)O.CCOC(=O)C=[N+]=[N-].[2H]C.[Li+].[OH-]. The zero-order valence-corrected chi connectivity index (χ0v) is 39.7. The summed E-state index contributed by atoms with van der Waals surface area (Å²) in [4.78, 5) is 55.6. The number of aliphatic carboxylic acids is 1. The van der Waals surface area contributed by atoms with Crippen LogP contribution in [0.5, 0.6) is 0 Å². The molecule has 0 unspecified atom stereocenters. The van der Waals surface area contributed by atoms with E-state index in [0.29, 0.717) is 112 Å². The number of hydrogen-bond donors (Lipinski definition) is 4. The van der Waals surface area contributed by atoms with Crippen molar-refractivity contribution in [3.8, 4) is 0 Å². The van der Waals surface area contributed by atoms with Crippen LogP contribution < -0.4 is 29.5 Å². The van der Waals surface area contributed by atoms with E-state index in [2.05, 4.69) is 20.2 Å². The number of aliphatic hydroxyl groups is 1. The van der Waals surface area contributed by atoms with Crippen LogP contribution in [0.3, 0.4) is 0 Å². The minimum Gasteiger partial charge on any atom is -0.870 e. The number of carboxylic acid groups (broad SMARTS) is 1. The van der Waals surface area contributed by atoms with Gasteiger partial charge in [0, 0.05) is 21.1 Å². The zero-order chi connectivity index (χ0) is 48.3. The van der Waals surface area contributed by atoms with Crippen LogP contribution in [-0.2, 0) is 66.5 Å². The van der Waals surface area contributed by atoms with Gasteiger partial charge in [-0.1, -0.05) is 14.3 Å². The minimum absolute atomic E-state index is 0. The van der Waals surface area contributed by atoms with Gasteiger partial charge in [0.1, 0.15) is 24.4 Å². The summed E-state index contributed by atoms with van der Waals surface area (Å²) in [6, 6.07) is 0. The van der Waals surface area contributed by atoms with E-state index in [4.69, 9.17) is 64.5 Å².